The maximum atomic E-state index is 12.8. The van der Waals surface area contributed by atoms with Crippen LogP contribution in [0.25, 0.3) is 0 Å². The van der Waals surface area contributed by atoms with Gasteiger partial charge in [-0.05, 0) is 44.4 Å². The minimum absolute atomic E-state index is 0.0912. The molecule has 0 saturated carbocycles. The average Bonchev–Trinajstić information content (AvgIpc) is 2.68. The number of piperazine rings is 1. The first-order valence-electron chi connectivity index (χ1n) is 10.2. The number of rotatable bonds is 5. The molecular formula is C21H32N4O3. The molecule has 0 aliphatic carbocycles. The van der Waals surface area contributed by atoms with Gasteiger partial charge in [0.2, 0.25) is 0 Å². The van der Waals surface area contributed by atoms with Crippen molar-refractivity contribution in [2.75, 3.05) is 51.6 Å². The van der Waals surface area contributed by atoms with E-state index in [0.717, 1.165) is 43.9 Å². The molecule has 3 rings (SSSR count). The van der Waals surface area contributed by atoms with Gasteiger partial charge in [-0.25, -0.2) is 4.79 Å². The van der Waals surface area contributed by atoms with Crippen molar-refractivity contribution in [3.8, 4) is 0 Å². The summed E-state index contributed by atoms with van der Waals surface area (Å²) < 4.78 is 0. The standard InChI is InChI=1S/C21H32N4O3/c1-16-5-3-4-6-18(16)22-21(28)25-10-9-19(17(15-25)7-8-20(26)27)24-13-11-23(2)12-14-24/h3-6,17,19H,7-15H2,1-2H3,(H,22,28)(H,26,27)/t17-,19+/m1/s1. The Morgan fingerprint density at radius 1 is 1.14 bits per heavy atom. The summed E-state index contributed by atoms with van der Waals surface area (Å²) >= 11 is 0. The van der Waals surface area contributed by atoms with Crippen LogP contribution in [-0.4, -0.2) is 84.2 Å². The van der Waals surface area contributed by atoms with Crippen molar-refractivity contribution >= 4 is 17.7 Å². The van der Waals surface area contributed by atoms with Crippen molar-refractivity contribution in [1.82, 2.24) is 14.7 Å². The van der Waals surface area contributed by atoms with E-state index < -0.39 is 5.97 Å². The number of nitrogens with zero attached hydrogens (tertiary/aromatic N) is 3. The Morgan fingerprint density at radius 2 is 1.86 bits per heavy atom. The molecule has 2 amide bonds. The van der Waals surface area contributed by atoms with E-state index in [0.29, 0.717) is 25.6 Å². The second-order valence-electron chi connectivity index (χ2n) is 8.08. The van der Waals surface area contributed by atoms with E-state index in [9.17, 15) is 9.59 Å². The van der Waals surface area contributed by atoms with Crippen LogP contribution < -0.4 is 5.32 Å². The first-order chi connectivity index (χ1) is 13.4. The van der Waals surface area contributed by atoms with Gasteiger partial charge in [-0.3, -0.25) is 9.69 Å². The van der Waals surface area contributed by atoms with E-state index in [1.807, 2.05) is 36.1 Å². The first kappa shape index (κ1) is 20.6. The number of carboxylic acid groups (broad SMARTS) is 1. The molecule has 1 aromatic rings. The Bertz CT molecular complexity index is 688. The quantitative estimate of drug-likeness (QED) is 0.810. The van der Waals surface area contributed by atoms with Crippen molar-refractivity contribution < 1.29 is 14.7 Å². The van der Waals surface area contributed by atoms with Gasteiger partial charge in [0.15, 0.2) is 0 Å². The molecule has 1 aromatic carbocycles. The van der Waals surface area contributed by atoms with Gasteiger partial charge in [0.05, 0.1) is 0 Å². The van der Waals surface area contributed by atoms with E-state index in [-0.39, 0.29) is 18.4 Å². The number of likely N-dealkylation sites (tertiary alicyclic amines) is 1. The molecule has 2 aliphatic rings. The molecule has 0 radical (unpaired) electrons. The lowest BCUT2D eigenvalue weighted by atomic mass is 9.86. The Balaban J connectivity index is 1.65. The monoisotopic (exact) mass is 388 g/mol. The van der Waals surface area contributed by atoms with Gasteiger partial charge in [0.1, 0.15) is 0 Å². The maximum Gasteiger partial charge on any atom is 0.321 e. The summed E-state index contributed by atoms with van der Waals surface area (Å²) in [6.45, 7) is 7.41. The predicted molar refractivity (Wildman–Crippen MR) is 110 cm³/mol. The summed E-state index contributed by atoms with van der Waals surface area (Å²) in [6, 6.07) is 8.02. The minimum Gasteiger partial charge on any atom is -0.481 e. The molecule has 7 heteroatoms. The molecule has 7 nitrogen and oxygen atoms in total. The molecule has 2 aliphatic heterocycles. The molecule has 28 heavy (non-hydrogen) atoms. The molecule has 0 unspecified atom stereocenters. The van der Waals surface area contributed by atoms with Crippen molar-refractivity contribution in [3.63, 3.8) is 0 Å². The normalized spacial score (nSPS) is 24.1. The van der Waals surface area contributed by atoms with E-state index in [4.69, 9.17) is 5.11 Å². The van der Waals surface area contributed by atoms with Gasteiger partial charge >= 0.3 is 12.0 Å². The fourth-order valence-electron chi connectivity index (χ4n) is 4.34. The summed E-state index contributed by atoms with van der Waals surface area (Å²) in [5.41, 5.74) is 1.86. The number of urea groups is 1. The number of hydrogen-bond acceptors (Lipinski definition) is 4. The van der Waals surface area contributed by atoms with Crippen LogP contribution in [0.1, 0.15) is 24.8 Å². The second-order valence-corrected chi connectivity index (χ2v) is 8.08. The third-order valence-corrected chi connectivity index (χ3v) is 6.10. The van der Waals surface area contributed by atoms with Crippen molar-refractivity contribution in [3.05, 3.63) is 29.8 Å². The SMILES string of the molecule is Cc1ccccc1NC(=O)N1CC[C@H](N2CCN(C)CC2)[C@H](CCC(=O)O)C1. The second kappa shape index (κ2) is 9.39. The molecule has 2 heterocycles. The number of nitrogens with one attached hydrogen (secondary N) is 1. The van der Waals surface area contributed by atoms with E-state index in [1.54, 1.807) is 0 Å². The largest absolute Gasteiger partial charge is 0.481 e. The number of likely N-dealkylation sites (N-methyl/N-ethyl adjacent to an activating group) is 1. The number of para-hydroxylation sites is 1. The molecule has 0 aromatic heterocycles. The lowest BCUT2D eigenvalue weighted by Gasteiger charge is -2.46. The number of amides is 2. The number of carbonyl (C=O) groups is 2. The van der Waals surface area contributed by atoms with Gasteiger partial charge in [-0.15, -0.1) is 0 Å². The first-order valence-corrected chi connectivity index (χ1v) is 10.2. The van der Waals surface area contributed by atoms with E-state index in [2.05, 4.69) is 22.2 Å². The third kappa shape index (κ3) is 5.23. The number of aryl methyl sites for hydroxylation is 1. The molecule has 2 N–H and O–H groups in total. The van der Waals surface area contributed by atoms with Crippen LogP contribution in [0.4, 0.5) is 10.5 Å². The summed E-state index contributed by atoms with van der Waals surface area (Å²) in [4.78, 5) is 30.6. The van der Waals surface area contributed by atoms with Crippen LogP contribution in [0, 0.1) is 12.8 Å². The van der Waals surface area contributed by atoms with E-state index in [1.165, 1.54) is 0 Å². The van der Waals surface area contributed by atoms with Gasteiger partial charge < -0.3 is 20.2 Å². The predicted octanol–water partition coefficient (Wildman–Crippen LogP) is 2.33. The number of carbonyl (C=O) groups excluding carboxylic acids is 1. The van der Waals surface area contributed by atoms with Crippen LogP contribution in [0.15, 0.2) is 24.3 Å². The number of benzene rings is 1. The van der Waals surface area contributed by atoms with Gasteiger partial charge in [-0.2, -0.15) is 0 Å². The van der Waals surface area contributed by atoms with Crippen molar-refractivity contribution in [1.29, 1.82) is 0 Å². The summed E-state index contributed by atoms with van der Waals surface area (Å²) in [7, 11) is 2.14. The molecule has 2 fully saturated rings. The molecule has 2 saturated heterocycles. The van der Waals surface area contributed by atoms with E-state index >= 15 is 0 Å². The smallest absolute Gasteiger partial charge is 0.321 e. The molecule has 0 bridgehead atoms. The zero-order valence-corrected chi connectivity index (χ0v) is 16.9. The number of carboxylic acids is 1. The highest BCUT2D eigenvalue weighted by atomic mass is 16.4. The Morgan fingerprint density at radius 3 is 2.54 bits per heavy atom. The fourth-order valence-corrected chi connectivity index (χ4v) is 4.34. The van der Waals surface area contributed by atoms with Gasteiger partial charge in [-0.1, -0.05) is 18.2 Å². The Labute approximate surface area is 167 Å². The number of piperidine rings is 1. The average molecular weight is 389 g/mol. The maximum absolute atomic E-state index is 12.8. The lowest BCUT2D eigenvalue weighted by Crippen LogP contribution is -2.57. The Kier molecular flexibility index (Phi) is 6.91. The third-order valence-electron chi connectivity index (χ3n) is 6.10. The summed E-state index contributed by atoms with van der Waals surface area (Å²) in [5, 5.41) is 12.2. The molecule has 0 spiro atoms. The van der Waals surface area contributed by atoms with Crippen molar-refractivity contribution in [2.45, 2.75) is 32.2 Å². The molecule has 2 atom stereocenters. The number of anilines is 1. The minimum atomic E-state index is -0.765. The Hall–Kier alpha value is -2.12. The summed E-state index contributed by atoms with van der Waals surface area (Å²) in [5.74, 6) is -0.575. The van der Waals surface area contributed by atoms with Crippen LogP contribution >= 0.6 is 0 Å². The highest BCUT2D eigenvalue weighted by molar-refractivity contribution is 5.90. The number of aliphatic carboxylic acids is 1. The highest BCUT2D eigenvalue weighted by Gasteiger charge is 2.36. The zero-order chi connectivity index (χ0) is 20.1. The topological polar surface area (TPSA) is 76.1 Å². The van der Waals surface area contributed by atoms with Gasteiger partial charge in [0.25, 0.3) is 0 Å². The summed E-state index contributed by atoms with van der Waals surface area (Å²) in [6.07, 6.45) is 1.66. The van der Waals surface area contributed by atoms with Crippen LogP contribution in [0.2, 0.25) is 0 Å². The highest BCUT2D eigenvalue weighted by Crippen LogP contribution is 2.28. The fraction of sp³-hybridized carbons (Fsp3) is 0.619. The van der Waals surface area contributed by atoms with Crippen LogP contribution in [-0.2, 0) is 4.79 Å². The molecular weight excluding hydrogens is 356 g/mol. The molecule has 154 valence electrons. The van der Waals surface area contributed by atoms with Crippen LogP contribution in [0.3, 0.4) is 0 Å². The van der Waals surface area contributed by atoms with Crippen molar-refractivity contribution in [2.24, 2.45) is 5.92 Å². The zero-order valence-electron chi connectivity index (χ0n) is 16.9. The number of hydrogen-bond donors (Lipinski definition) is 2. The van der Waals surface area contributed by atoms with Gasteiger partial charge in [0, 0.05) is 57.4 Å². The lowest BCUT2D eigenvalue weighted by molar-refractivity contribution is -0.137. The van der Waals surface area contributed by atoms with Crippen LogP contribution in [0.5, 0.6) is 0 Å².